The SMILES string of the molecule is Cc1nc2ccc(C(O)C(C)Br)cc2[nH]1. The van der Waals surface area contributed by atoms with E-state index in [2.05, 4.69) is 25.9 Å². The van der Waals surface area contributed by atoms with Gasteiger partial charge in [-0.05, 0) is 31.5 Å². The molecule has 0 fully saturated rings. The van der Waals surface area contributed by atoms with Crippen LogP contribution in [-0.2, 0) is 0 Å². The predicted molar refractivity (Wildman–Crippen MR) is 64.2 cm³/mol. The van der Waals surface area contributed by atoms with E-state index in [4.69, 9.17) is 0 Å². The topological polar surface area (TPSA) is 48.9 Å². The minimum atomic E-state index is -0.488. The van der Waals surface area contributed by atoms with Gasteiger partial charge in [0.1, 0.15) is 5.82 Å². The molecule has 2 unspecified atom stereocenters. The van der Waals surface area contributed by atoms with Crippen LogP contribution >= 0.6 is 15.9 Å². The fourth-order valence-corrected chi connectivity index (χ4v) is 1.91. The van der Waals surface area contributed by atoms with Crippen LogP contribution in [0.25, 0.3) is 11.0 Å². The van der Waals surface area contributed by atoms with Crippen LogP contribution in [0.1, 0.15) is 24.4 Å². The first-order chi connectivity index (χ1) is 7.08. The number of benzene rings is 1. The number of aromatic nitrogens is 2. The van der Waals surface area contributed by atoms with Gasteiger partial charge < -0.3 is 10.1 Å². The van der Waals surface area contributed by atoms with Crippen LogP contribution in [0.3, 0.4) is 0 Å². The molecule has 0 saturated carbocycles. The summed E-state index contributed by atoms with van der Waals surface area (Å²) in [7, 11) is 0. The third kappa shape index (κ3) is 2.06. The van der Waals surface area contributed by atoms with Gasteiger partial charge in [0.2, 0.25) is 0 Å². The number of aryl methyl sites for hydroxylation is 1. The maximum atomic E-state index is 9.88. The standard InChI is InChI=1S/C11H13BrN2O/c1-6(12)11(15)8-3-4-9-10(5-8)14-7(2)13-9/h3-6,11,15H,1-2H3,(H,13,14). The lowest BCUT2D eigenvalue weighted by molar-refractivity contribution is 0.181. The largest absolute Gasteiger partial charge is 0.387 e. The van der Waals surface area contributed by atoms with Gasteiger partial charge in [-0.1, -0.05) is 22.0 Å². The second-order valence-electron chi connectivity index (χ2n) is 3.72. The molecule has 1 aromatic heterocycles. The normalized spacial score (nSPS) is 15.5. The molecular weight excluding hydrogens is 256 g/mol. The number of nitrogens with one attached hydrogen (secondary N) is 1. The van der Waals surface area contributed by atoms with Crippen molar-refractivity contribution in [1.82, 2.24) is 9.97 Å². The van der Waals surface area contributed by atoms with E-state index in [1.165, 1.54) is 0 Å². The van der Waals surface area contributed by atoms with Crippen LogP contribution in [0.5, 0.6) is 0 Å². The van der Waals surface area contributed by atoms with Gasteiger partial charge in [0.05, 0.1) is 17.1 Å². The van der Waals surface area contributed by atoms with E-state index in [1.54, 1.807) is 0 Å². The number of imidazole rings is 1. The molecule has 4 heteroatoms. The molecule has 1 heterocycles. The van der Waals surface area contributed by atoms with Crippen LogP contribution in [-0.4, -0.2) is 19.9 Å². The fraction of sp³-hybridized carbons (Fsp3) is 0.364. The molecule has 80 valence electrons. The molecule has 0 radical (unpaired) electrons. The van der Waals surface area contributed by atoms with Gasteiger partial charge >= 0.3 is 0 Å². The monoisotopic (exact) mass is 268 g/mol. The van der Waals surface area contributed by atoms with Gasteiger partial charge in [0.15, 0.2) is 0 Å². The molecule has 0 aliphatic carbocycles. The molecule has 2 rings (SSSR count). The number of alkyl halides is 1. The lowest BCUT2D eigenvalue weighted by Crippen LogP contribution is -2.07. The zero-order valence-corrected chi connectivity index (χ0v) is 10.2. The zero-order chi connectivity index (χ0) is 11.0. The smallest absolute Gasteiger partial charge is 0.104 e. The molecular formula is C11H13BrN2O. The van der Waals surface area contributed by atoms with Crippen molar-refractivity contribution in [2.45, 2.75) is 24.8 Å². The lowest BCUT2D eigenvalue weighted by Gasteiger charge is -2.12. The highest BCUT2D eigenvalue weighted by atomic mass is 79.9. The number of halogens is 1. The molecule has 15 heavy (non-hydrogen) atoms. The first-order valence-electron chi connectivity index (χ1n) is 4.86. The highest BCUT2D eigenvalue weighted by Crippen LogP contribution is 2.24. The van der Waals surface area contributed by atoms with E-state index in [-0.39, 0.29) is 4.83 Å². The molecule has 2 N–H and O–H groups in total. The molecule has 0 saturated heterocycles. The third-order valence-electron chi connectivity index (χ3n) is 2.40. The first kappa shape index (κ1) is 10.6. The van der Waals surface area contributed by atoms with E-state index in [0.29, 0.717) is 0 Å². The van der Waals surface area contributed by atoms with Gasteiger partial charge in [-0.25, -0.2) is 4.98 Å². The summed E-state index contributed by atoms with van der Waals surface area (Å²) in [6.07, 6.45) is -0.488. The minimum Gasteiger partial charge on any atom is -0.387 e. The van der Waals surface area contributed by atoms with Gasteiger partial charge in [-0.2, -0.15) is 0 Å². The van der Waals surface area contributed by atoms with Crippen LogP contribution in [0, 0.1) is 6.92 Å². The fourth-order valence-electron chi connectivity index (χ4n) is 1.60. The minimum absolute atomic E-state index is 0.0407. The van der Waals surface area contributed by atoms with Crippen LogP contribution in [0.4, 0.5) is 0 Å². The van der Waals surface area contributed by atoms with E-state index in [0.717, 1.165) is 22.4 Å². The van der Waals surface area contributed by atoms with Gasteiger partial charge in [-0.3, -0.25) is 0 Å². The Labute approximate surface area is 96.7 Å². The highest BCUT2D eigenvalue weighted by Gasteiger charge is 2.14. The van der Waals surface area contributed by atoms with Crippen molar-refractivity contribution in [2.75, 3.05) is 0 Å². The molecule has 0 amide bonds. The van der Waals surface area contributed by atoms with Crippen LogP contribution in [0.15, 0.2) is 18.2 Å². The highest BCUT2D eigenvalue weighted by molar-refractivity contribution is 9.09. The van der Waals surface area contributed by atoms with Crippen LogP contribution in [0.2, 0.25) is 0 Å². The second kappa shape index (κ2) is 3.94. The molecule has 0 spiro atoms. The molecule has 0 aliphatic heterocycles. The predicted octanol–water partition coefficient (Wildman–Crippen LogP) is 2.69. The van der Waals surface area contributed by atoms with E-state index in [1.807, 2.05) is 32.0 Å². The Bertz CT molecular complexity index is 478. The number of fused-ring (bicyclic) bond motifs is 1. The Morgan fingerprint density at radius 2 is 2.20 bits per heavy atom. The van der Waals surface area contributed by atoms with Crippen molar-refractivity contribution in [1.29, 1.82) is 0 Å². The number of aromatic amines is 1. The maximum absolute atomic E-state index is 9.88. The maximum Gasteiger partial charge on any atom is 0.104 e. The number of rotatable bonds is 2. The Morgan fingerprint density at radius 1 is 1.47 bits per heavy atom. The molecule has 0 bridgehead atoms. The van der Waals surface area contributed by atoms with Crippen molar-refractivity contribution >= 4 is 27.0 Å². The van der Waals surface area contributed by atoms with Crippen molar-refractivity contribution in [3.8, 4) is 0 Å². The number of hydrogen-bond acceptors (Lipinski definition) is 2. The summed E-state index contributed by atoms with van der Waals surface area (Å²) in [5, 5.41) is 9.88. The van der Waals surface area contributed by atoms with Crippen molar-refractivity contribution < 1.29 is 5.11 Å². The summed E-state index contributed by atoms with van der Waals surface area (Å²) in [6.45, 7) is 3.84. The summed E-state index contributed by atoms with van der Waals surface area (Å²) in [5.41, 5.74) is 2.80. The molecule has 3 nitrogen and oxygen atoms in total. The molecule has 2 atom stereocenters. The Hall–Kier alpha value is -0.870. The summed E-state index contributed by atoms with van der Waals surface area (Å²) in [6, 6.07) is 5.77. The lowest BCUT2D eigenvalue weighted by atomic mass is 10.1. The average Bonchev–Trinajstić information content (AvgIpc) is 2.55. The Morgan fingerprint density at radius 3 is 2.87 bits per heavy atom. The number of aliphatic hydroxyl groups is 1. The Kier molecular flexibility index (Phi) is 2.80. The second-order valence-corrected chi connectivity index (χ2v) is 5.17. The number of hydrogen-bond donors (Lipinski definition) is 2. The summed E-state index contributed by atoms with van der Waals surface area (Å²) >= 11 is 3.37. The summed E-state index contributed by atoms with van der Waals surface area (Å²) < 4.78 is 0. The van der Waals surface area contributed by atoms with Crippen molar-refractivity contribution in [3.05, 3.63) is 29.6 Å². The third-order valence-corrected chi connectivity index (χ3v) is 2.90. The summed E-state index contributed by atoms with van der Waals surface area (Å²) in [4.78, 5) is 7.51. The van der Waals surface area contributed by atoms with Gasteiger partial charge in [0, 0.05) is 4.83 Å². The molecule has 0 aliphatic rings. The zero-order valence-electron chi connectivity index (χ0n) is 8.66. The first-order valence-corrected chi connectivity index (χ1v) is 5.78. The van der Waals surface area contributed by atoms with Gasteiger partial charge in [0.25, 0.3) is 0 Å². The van der Waals surface area contributed by atoms with E-state index >= 15 is 0 Å². The summed E-state index contributed by atoms with van der Waals surface area (Å²) in [5.74, 6) is 0.892. The average molecular weight is 269 g/mol. The quantitative estimate of drug-likeness (QED) is 0.823. The molecule has 1 aromatic carbocycles. The van der Waals surface area contributed by atoms with E-state index in [9.17, 15) is 5.11 Å². The van der Waals surface area contributed by atoms with Gasteiger partial charge in [-0.15, -0.1) is 0 Å². The van der Waals surface area contributed by atoms with E-state index < -0.39 is 6.10 Å². The van der Waals surface area contributed by atoms with Crippen molar-refractivity contribution in [3.63, 3.8) is 0 Å². The van der Waals surface area contributed by atoms with Crippen molar-refractivity contribution in [2.24, 2.45) is 0 Å². The Balaban J connectivity index is 2.46. The van der Waals surface area contributed by atoms with Crippen LogP contribution < -0.4 is 0 Å². The number of nitrogens with zero attached hydrogens (tertiary/aromatic N) is 1. The molecule has 2 aromatic rings. The number of aliphatic hydroxyl groups excluding tert-OH is 1. The number of H-pyrrole nitrogens is 1.